The molecule has 0 radical (unpaired) electrons. The highest BCUT2D eigenvalue weighted by Crippen LogP contribution is 2.37. The molecule has 0 fully saturated rings. The Bertz CT molecular complexity index is 918. The zero-order chi connectivity index (χ0) is 19.9. The number of nitrogens with two attached hydrogens (primary N) is 1. The van der Waals surface area contributed by atoms with E-state index in [1.807, 2.05) is 36.4 Å². The smallest absolute Gasteiger partial charge is 0.175 e. The van der Waals surface area contributed by atoms with Gasteiger partial charge in [0.05, 0.1) is 11.6 Å². The van der Waals surface area contributed by atoms with E-state index in [9.17, 15) is 0 Å². The fourth-order valence-corrected chi connectivity index (χ4v) is 3.80. The van der Waals surface area contributed by atoms with E-state index in [1.54, 1.807) is 7.11 Å². The number of methoxy groups -OCH3 is 1. The van der Waals surface area contributed by atoms with Crippen LogP contribution < -0.4 is 14.8 Å². The van der Waals surface area contributed by atoms with Crippen LogP contribution in [0.3, 0.4) is 0 Å². The zero-order valence-corrected chi connectivity index (χ0v) is 18.3. The summed E-state index contributed by atoms with van der Waals surface area (Å²) in [6.07, 6.45) is 0. The van der Waals surface area contributed by atoms with Gasteiger partial charge in [0.2, 0.25) is 0 Å². The van der Waals surface area contributed by atoms with Gasteiger partial charge in [0, 0.05) is 21.7 Å². The molecule has 0 bridgehead atoms. The summed E-state index contributed by atoms with van der Waals surface area (Å²) < 4.78 is 12.5. The normalized spacial score (nSPS) is 11.9. The van der Waals surface area contributed by atoms with Gasteiger partial charge in [-0.1, -0.05) is 60.1 Å². The fourth-order valence-electron chi connectivity index (χ4n) is 3.00. The molecule has 5 heteroatoms. The molecular formula is C23H24BrClNO2+. The van der Waals surface area contributed by atoms with E-state index >= 15 is 0 Å². The van der Waals surface area contributed by atoms with Gasteiger partial charge < -0.3 is 14.8 Å². The second-order valence-electron chi connectivity index (χ2n) is 6.63. The van der Waals surface area contributed by atoms with Gasteiger partial charge in [-0.2, -0.15) is 0 Å². The highest BCUT2D eigenvalue weighted by molar-refractivity contribution is 9.10. The molecular weight excluding hydrogens is 438 g/mol. The number of benzene rings is 3. The monoisotopic (exact) mass is 460 g/mol. The standard InChI is InChI=1S/C23H23BrClNO2/c1-16(18-8-4-3-5-9-18)26-14-17-12-20(24)23(22(13-17)27-2)28-15-19-10-6-7-11-21(19)25/h3-13,16,26H,14-15H2,1-2H3/p+1/t16-/m1/s1. The molecule has 3 rings (SSSR count). The minimum absolute atomic E-state index is 0.377. The van der Waals surface area contributed by atoms with Crippen molar-refractivity contribution >= 4 is 27.5 Å². The second-order valence-corrected chi connectivity index (χ2v) is 7.89. The van der Waals surface area contributed by atoms with Gasteiger partial charge in [-0.25, -0.2) is 0 Å². The van der Waals surface area contributed by atoms with Gasteiger partial charge in [-0.3, -0.25) is 0 Å². The molecule has 3 aromatic rings. The summed E-state index contributed by atoms with van der Waals surface area (Å²) in [6.45, 7) is 3.43. The lowest BCUT2D eigenvalue weighted by atomic mass is 10.1. The molecule has 28 heavy (non-hydrogen) atoms. The summed E-state index contributed by atoms with van der Waals surface area (Å²) >= 11 is 9.85. The van der Waals surface area contributed by atoms with Crippen molar-refractivity contribution in [1.29, 1.82) is 0 Å². The van der Waals surface area contributed by atoms with Gasteiger partial charge in [-0.05, 0) is 41.1 Å². The third-order valence-electron chi connectivity index (χ3n) is 4.65. The van der Waals surface area contributed by atoms with E-state index in [0.29, 0.717) is 29.2 Å². The first-order valence-corrected chi connectivity index (χ1v) is 10.4. The number of rotatable bonds is 8. The summed E-state index contributed by atoms with van der Waals surface area (Å²) in [4.78, 5) is 0. The van der Waals surface area contributed by atoms with Gasteiger partial charge in [-0.15, -0.1) is 0 Å². The maximum Gasteiger partial charge on any atom is 0.175 e. The molecule has 1 atom stereocenters. The Morgan fingerprint density at radius 1 is 1.04 bits per heavy atom. The summed E-state index contributed by atoms with van der Waals surface area (Å²) in [5, 5.41) is 3.00. The van der Waals surface area contributed by atoms with Crippen molar-refractivity contribution in [3.05, 3.63) is 92.9 Å². The van der Waals surface area contributed by atoms with Gasteiger partial charge in [0.25, 0.3) is 0 Å². The molecule has 0 heterocycles. The highest BCUT2D eigenvalue weighted by Gasteiger charge is 2.15. The lowest BCUT2D eigenvalue weighted by molar-refractivity contribution is -0.707. The third-order valence-corrected chi connectivity index (χ3v) is 5.61. The van der Waals surface area contributed by atoms with Crippen molar-refractivity contribution in [2.75, 3.05) is 7.11 Å². The van der Waals surface area contributed by atoms with Crippen LogP contribution in [-0.4, -0.2) is 7.11 Å². The first kappa shape index (κ1) is 20.7. The summed E-state index contributed by atoms with van der Waals surface area (Å²) in [7, 11) is 1.66. The SMILES string of the molecule is COc1cc(C[NH2+][C@H](C)c2ccccc2)cc(Br)c1OCc1ccccc1Cl. The molecule has 3 aromatic carbocycles. The average Bonchev–Trinajstić information content (AvgIpc) is 2.72. The second kappa shape index (κ2) is 9.97. The van der Waals surface area contributed by atoms with E-state index < -0.39 is 0 Å². The summed E-state index contributed by atoms with van der Waals surface area (Å²) in [5.74, 6) is 1.39. The van der Waals surface area contributed by atoms with Crippen LogP contribution in [0.5, 0.6) is 11.5 Å². The minimum atomic E-state index is 0.377. The van der Waals surface area contributed by atoms with E-state index in [0.717, 1.165) is 22.1 Å². The highest BCUT2D eigenvalue weighted by atomic mass is 79.9. The van der Waals surface area contributed by atoms with Crippen molar-refractivity contribution in [2.24, 2.45) is 0 Å². The van der Waals surface area contributed by atoms with Crippen LogP contribution in [0.2, 0.25) is 5.02 Å². The van der Waals surface area contributed by atoms with Crippen molar-refractivity contribution in [3.63, 3.8) is 0 Å². The van der Waals surface area contributed by atoms with Gasteiger partial charge in [0.15, 0.2) is 11.5 Å². The predicted molar refractivity (Wildman–Crippen MR) is 117 cm³/mol. The Labute approximate surface area is 179 Å². The number of hydrogen-bond donors (Lipinski definition) is 1. The van der Waals surface area contributed by atoms with Crippen molar-refractivity contribution < 1.29 is 14.8 Å². The lowest BCUT2D eigenvalue weighted by Gasteiger charge is -2.16. The molecule has 0 aliphatic rings. The first-order chi connectivity index (χ1) is 13.6. The number of halogens is 2. The number of ether oxygens (including phenoxy) is 2. The van der Waals surface area contributed by atoms with E-state index in [-0.39, 0.29) is 0 Å². The average molecular weight is 462 g/mol. The molecule has 2 N–H and O–H groups in total. The number of hydrogen-bond acceptors (Lipinski definition) is 2. The van der Waals surface area contributed by atoms with E-state index in [1.165, 1.54) is 5.56 Å². The minimum Gasteiger partial charge on any atom is -0.493 e. The van der Waals surface area contributed by atoms with Crippen LogP contribution in [0.15, 0.2) is 71.2 Å². The Morgan fingerprint density at radius 2 is 1.75 bits per heavy atom. The van der Waals surface area contributed by atoms with Gasteiger partial charge >= 0.3 is 0 Å². The molecule has 0 amide bonds. The Hall–Kier alpha value is -2.01. The van der Waals surface area contributed by atoms with Crippen LogP contribution in [-0.2, 0) is 13.2 Å². The van der Waals surface area contributed by atoms with Crippen molar-refractivity contribution in [3.8, 4) is 11.5 Å². The van der Waals surface area contributed by atoms with Crippen LogP contribution in [0.25, 0.3) is 0 Å². The molecule has 0 saturated carbocycles. The van der Waals surface area contributed by atoms with Crippen molar-refractivity contribution in [2.45, 2.75) is 26.1 Å². The molecule has 0 aromatic heterocycles. The Balaban J connectivity index is 1.69. The first-order valence-electron chi connectivity index (χ1n) is 9.19. The Kier molecular flexibility index (Phi) is 7.37. The topological polar surface area (TPSA) is 35.1 Å². The van der Waals surface area contributed by atoms with Gasteiger partial charge in [0.1, 0.15) is 19.2 Å². The largest absolute Gasteiger partial charge is 0.493 e. The zero-order valence-electron chi connectivity index (χ0n) is 16.0. The summed E-state index contributed by atoms with van der Waals surface area (Å²) in [6, 6.07) is 22.7. The van der Waals surface area contributed by atoms with Crippen LogP contribution in [0.1, 0.15) is 29.7 Å². The maximum atomic E-state index is 6.22. The predicted octanol–water partition coefficient (Wildman–Crippen LogP) is 5.51. The van der Waals surface area contributed by atoms with E-state index in [2.05, 4.69) is 58.5 Å². The molecule has 146 valence electrons. The fraction of sp³-hybridized carbons (Fsp3) is 0.217. The lowest BCUT2D eigenvalue weighted by Crippen LogP contribution is -2.83. The molecule has 0 saturated heterocycles. The molecule has 0 unspecified atom stereocenters. The maximum absolute atomic E-state index is 6.22. The Morgan fingerprint density at radius 3 is 2.46 bits per heavy atom. The van der Waals surface area contributed by atoms with Crippen LogP contribution in [0.4, 0.5) is 0 Å². The molecule has 3 nitrogen and oxygen atoms in total. The third kappa shape index (κ3) is 5.28. The molecule has 0 aliphatic heterocycles. The van der Waals surface area contributed by atoms with E-state index in [4.69, 9.17) is 21.1 Å². The van der Waals surface area contributed by atoms with Crippen LogP contribution >= 0.6 is 27.5 Å². The van der Waals surface area contributed by atoms with Crippen LogP contribution in [0, 0.1) is 0 Å². The molecule has 0 aliphatic carbocycles. The molecule has 0 spiro atoms. The summed E-state index contributed by atoms with van der Waals surface area (Å²) in [5.41, 5.74) is 3.41. The van der Waals surface area contributed by atoms with Crippen molar-refractivity contribution in [1.82, 2.24) is 0 Å². The quantitative estimate of drug-likeness (QED) is 0.480. The number of quaternary nitrogens is 1.